The van der Waals surface area contributed by atoms with Crippen molar-refractivity contribution in [3.8, 4) is 0 Å². The van der Waals surface area contributed by atoms with Gasteiger partial charge >= 0.3 is 5.97 Å². The van der Waals surface area contributed by atoms with Crippen molar-refractivity contribution in [1.82, 2.24) is 4.90 Å². The van der Waals surface area contributed by atoms with Gasteiger partial charge in [0.15, 0.2) is 0 Å². The molecule has 0 aromatic heterocycles. The highest BCUT2D eigenvalue weighted by atomic mass is 19.1. The monoisotopic (exact) mass is 327 g/mol. The lowest BCUT2D eigenvalue weighted by Crippen LogP contribution is -2.38. The molecule has 0 saturated carbocycles. The van der Waals surface area contributed by atoms with E-state index in [-0.39, 0.29) is 17.6 Å². The topological polar surface area (TPSA) is 57.6 Å². The zero-order chi connectivity index (χ0) is 17.1. The van der Waals surface area contributed by atoms with Crippen molar-refractivity contribution in [1.29, 1.82) is 0 Å². The molecule has 0 spiro atoms. The van der Waals surface area contributed by atoms with E-state index in [2.05, 4.69) is 0 Å². The van der Waals surface area contributed by atoms with E-state index < -0.39 is 5.97 Å². The van der Waals surface area contributed by atoms with Crippen LogP contribution in [0.3, 0.4) is 0 Å². The van der Waals surface area contributed by atoms with E-state index in [1.807, 2.05) is 12.1 Å². The number of halogens is 1. The third-order valence-corrected chi connectivity index (χ3v) is 4.50. The molecule has 0 aliphatic carbocycles. The Morgan fingerprint density at radius 2 is 1.62 bits per heavy atom. The molecule has 0 bridgehead atoms. The van der Waals surface area contributed by atoms with Crippen molar-refractivity contribution in [3.05, 3.63) is 71.0 Å². The van der Waals surface area contributed by atoms with E-state index in [1.165, 1.54) is 24.3 Å². The normalized spacial score (nSPS) is 15.3. The Hall–Kier alpha value is -2.69. The number of carbonyl (C=O) groups excluding carboxylic acids is 1. The van der Waals surface area contributed by atoms with Crippen LogP contribution in [0.4, 0.5) is 4.39 Å². The van der Waals surface area contributed by atoms with Crippen molar-refractivity contribution in [2.75, 3.05) is 13.1 Å². The zero-order valence-electron chi connectivity index (χ0n) is 13.1. The Labute approximate surface area is 139 Å². The van der Waals surface area contributed by atoms with Crippen LogP contribution in [0, 0.1) is 5.82 Å². The summed E-state index contributed by atoms with van der Waals surface area (Å²) in [6, 6.07) is 12.6. The van der Waals surface area contributed by atoms with Crippen LogP contribution in [0.1, 0.15) is 45.0 Å². The summed E-state index contributed by atoms with van der Waals surface area (Å²) >= 11 is 0. The number of hydrogen-bond donors (Lipinski definition) is 1. The molecule has 2 aromatic rings. The molecule has 0 unspecified atom stereocenters. The molecular formula is C19H18FNO3. The fraction of sp³-hybridized carbons (Fsp3) is 0.263. The van der Waals surface area contributed by atoms with Gasteiger partial charge < -0.3 is 10.0 Å². The minimum absolute atomic E-state index is 0.111. The lowest BCUT2D eigenvalue weighted by atomic mass is 9.86. The smallest absolute Gasteiger partial charge is 0.335 e. The molecule has 1 aliphatic heterocycles. The van der Waals surface area contributed by atoms with E-state index in [4.69, 9.17) is 0 Å². The Morgan fingerprint density at radius 3 is 2.25 bits per heavy atom. The minimum atomic E-state index is -0.921. The van der Waals surface area contributed by atoms with Crippen LogP contribution in [-0.4, -0.2) is 35.0 Å². The fourth-order valence-electron chi connectivity index (χ4n) is 3.22. The van der Waals surface area contributed by atoms with Gasteiger partial charge in [0.2, 0.25) is 0 Å². The van der Waals surface area contributed by atoms with E-state index in [0.717, 1.165) is 18.4 Å². The first-order chi connectivity index (χ1) is 11.6. The molecule has 1 aliphatic rings. The van der Waals surface area contributed by atoms with Gasteiger partial charge in [0, 0.05) is 18.7 Å². The first-order valence-electron chi connectivity index (χ1n) is 7.93. The van der Waals surface area contributed by atoms with Crippen LogP contribution >= 0.6 is 0 Å². The lowest BCUT2D eigenvalue weighted by molar-refractivity contribution is 0.0680. The number of likely N-dealkylation sites (tertiary alicyclic amines) is 1. The first kappa shape index (κ1) is 16.2. The third-order valence-electron chi connectivity index (χ3n) is 4.50. The number of piperidine rings is 1. The summed E-state index contributed by atoms with van der Waals surface area (Å²) in [6.07, 6.45) is 1.44. The molecule has 0 radical (unpaired) electrons. The molecule has 1 fully saturated rings. The minimum Gasteiger partial charge on any atom is -0.478 e. The molecule has 2 aromatic carbocycles. The van der Waals surface area contributed by atoms with Gasteiger partial charge in [-0.05, 0) is 54.7 Å². The molecule has 5 heteroatoms. The van der Waals surface area contributed by atoms with Crippen LogP contribution in [-0.2, 0) is 0 Å². The molecule has 1 saturated heterocycles. The van der Waals surface area contributed by atoms with Gasteiger partial charge in [0.25, 0.3) is 5.91 Å². The maximum atomic E-state index is 13.0. The number of aromatic carboxylic acids is 1. The lowest BCUT2D eigenvalue weighted by Gasteiger charge is -2.32. The molecule has 3 rings (SSSR count). The molecular weight excluding hydrogens is 309 g/mol. The summed E-state index contributed by atoms with van der Waals surface area (Å²) in [5.41, 5.74) is 1.64. The van der Waals surface area contributed by atoms with Crippen molar-refractivity contribution in [2.45, 2.75) is 18.8 Å². The Bertz CT molecular complexity index is 749. The highest BCUT2D eigenvalue weighted by molar-refractivity contribution is 5.94. The Balaban J connectivity index is 1.69. The Kier molecular flexibility index (Phi) is 4.60. The van der Waals surface area contributed by atoms with E-state index in [9.17, 15) is 19.1 Å². The highest BCUT2D eigenvalue weighted by Crippen LogP contribution is 2.31. The zero-order valence-corrected chi connectivity index (χ0v) is 13.1. The molecule has 0 atom stereocenters. The molecule has 1 heterocycles. The van der Waals surface area contributed by atoms with E-state index in [1.54, 1.807) is 17.0 Å². The number of benzene rings is 2. The average molecular weight is 327 g/mol. The number of amides is 1. The van der Waals surface area contributed by atoms with E-state index >= 15 is 0 Å². The Morgan fingerprint density at radius 1 is 1.00 bits per heavy atom. The summed E-state index contributed by atoms with van der Waals surface area (Å²) in [4.78, 5) is 25.5. The molecule has 24 heavy (non-hydrogen) atoms. The quantitative estimate of drug-likeness (QED) is 0.938. The van der Waals surface area contributed by atoms with Crippen LogP contribution < -0.4 is 0 Å². The van der Waals surface area contributed by atoms with Crippen LogP contribution in [0.5, 0.6) is 0 Å². The first-order valence-corrected chi connectivity index (χ1v) is 7.93. The number of hydrogen-bond acceptors (Lipinski definition) is 2. The number of carboxylic acid groups (broad SMARTS) is 1. The van der Waals surface area contributed by atoms with Gasteiger partial charge in [-0.25, -0.2) is 9.18 Å². The van der Waals surface area contributed by atoms with Gasteiger partial charge in [-0.1, -0.05) is 18.2 Å². The molecule has 1 N–H and O–H groups in total. The predicted octanol–water partition coefficient (Wildman–Crippen LogP) is 3.54. The van der Waals surface area contributed by atoms with E-state index in [0.29, 0.717) is 24.2 Å². The summed E-state index contributed by atoms with van der Waals surface area (Å²) in [6.45, 7) is 1.13. The highest BCUT2D eigenvalue weighted by Gasteiger charge is 2.26. The largest absolute Gasteiger partial charge is 0.478 e. The number of carboxylic acids is 1. The maximum Gasteiger partial charge on any atom is 0.335 e. The molecule has 124 valence electrons. The number of carbonyl (C=O) groups is 2. The molecule has 1 amide bonds. The number of rotatable bonds is 3. The van der Waals surface area contributed by atoms with Crippen LogP contribution in [0.2, 0.25) is 0 Å². The van der Waals surface area contributed by atoms with Crippen molar-refractivity contribution in [2.24, 2.45) is 0 Å². The van der Waals surface area contributed by atoms with Gasteiger partial charge in [-0.3, -0.25) is 4.79 Å². The van der Waals surface area contributed by atoms with Crippen LogP contribution in [0.15, 0.2) is 48.5 Å². The maximum absolute atomic E-state index is 13.0. The second-order valence-corrected chi connectivity index (χ2v) is 5.97. The van der Waals surface area contributed by atoms with Crippen LogP contribution in [0.25, 0.3) is 0 Å². The summed E-state index contributed by atoms with van der Waals surface area (Å²) in [5.74, 6) is -1.26. The predicted molar refractivity (Wildman–Crippen MR) is 87.7 cm³/mol. The summed E-state index contributed by atoms with van der Waals surface area (Å²) < 4.78 is 13.0. The van der Waals surface area contributed by atoms with Crippen molar-refractivity contribution >= 4 is 11.9 Å². The summed E-state index contributed by atoms with van der Waals surface area (Å²) in [7, 11) is 0. The van der Waals surface area contributed by atoms with Crippen molar-refractivity contribution < 1.29 is 19.1 Å². The van der Waals surface area contributed by atoms with Gasteiger partial charge in [-0.15, -0.1) is 0 Å². The third kappa shape index (κ3) is 3.30. The summed E-state index contributed by atoms with van der Waals surface area (Å²) in [5, 5.41) is 9.31. The SMILES string of the molecule is O=C(O)c1ccccc1C1CCN(C(=O)c2ccc(F)cc2)CC1. The average Bonchev–Trinajstić information content (AvgIpc) is 2.62. The standard InChI is InChI=1S/C19H18FNO3/c20-15-7-5-14(6-8-15)18(22)21-11-9-13(10-12-21)16-3-1-2-4-17(16)19(23)24/h1-8,13H,9-12H2,(H,23,24). The van der Waals surface area contributed by atoms with Gasteiger partial charge in [0.1, 0.15) is 5.82 Å². The van der Waals surface area contributed by atoms with Crippen molar-refractivity contribution in [3.63, 3.8) is 0 Å². The fourth-order valence-corrected chi connectivity index (χ4v) is 3.22. The second kappa shape index (κ2) is 6.83. The van der Waals surface area contributed by atoms with Gasteiger partial charge in [0.05, 0.1) is 5.56 Å². The number of nitrogens with zero attached hydrogens (tertiary/aromatic N) is 1. The molecule has 4 nitrogen and oxygen atoms in total. The van der Waals surface area contributed by atoms with Gasteiger partial charge in [-0.2, -0.15) is 0 Å². The second-order valence-electron chi connectivity index (χ2n) is 5.97.